The minimum Gasteiger partial charge on any atom is -0.506 e. The number of aryl methyl sites for hydroxylation is 1. The number of pyridine rings is 1. The van der Waals surface area contributed by atoms with E-state index in [0.717, 1.165) is 30.5 Å². The molecule has 5 rings (SSSR count). The molecule has 2 saturated heterocycles. The van der Waals surface area contributed by atoms with E-state index in [0.29, 0.717) is 49.0 Å². The van der Waals surface area contributed by atoms with Gasteiger partial charge >= 0.3 is 0 Å². The van der Waals surface area contributed by atoms with Crippen molar-refractivity contribution >= 4 is 28.6 Å². The van der Waals surface area contributed by atoms with Crippen LogP contribution in [0.2, 0.25) is 0 Å². The van der Waals surface area contributed by atoms with E-state index >= 15 is 0 Å². The maximum Gasteiger partial charge on any atom is 0.282 e. The van der Waals surface area contributed by atoms with Crippen LogP contribution in [0, 0.1) is 12.7 Å². The third kappa shape index (κ3) is 4.81. The van der Waals surface area contributed by atoms with Crippen molar-refractivity contribution in [1.82, 2.24) is 24.3 Å². The smallest absolute Gasteiger partial charge is 0.282 e. The van der Waals surface area contributed by atoms with E-state index < -0.39 is 11.4 Å². The van der Waals surface area contributed by atoms with Gasteiger partial charge in [-0.05, 0) is 64.2 Å². The van der Waals surface area contributed by atoms with Crippen molar-refractivity contribution in [3.05, 3.63) is 58.8 Å². The van der Waals surface area contributed by atoms with E-state index in [2.05, 4.69) is 28.8 Å². The number of piperazine rings is 1. The number of benzene rings is 1. The van der Waals surface area contributed by atoms with E-state index in [1.807, 2.05) is 4.90 Å². The van der Waals surface area contributed by atoms with Crippen LogP contribution in [0.1, 0.15) is 18.5 Å². The number of hydrogen-bond donors (Lipinski definition) is 2. The molecule has 2 fully saturated rings. The number of aromatic nitrogens is 3. The van der Waals surface area contributed by atoms with Gasteiger partial charge < -0.3 is 25.1 Å². The summed E-state index contributed by atoms with van der Waals surface area (Å²) in [6.45, 7) is 9.17. The van der Waals surface area contributed by atoms with Gasteiger partial charge in [-0.25, -0.2) is 9.37 Å². The number of para-hydroxylation sites is 1. The predicted molar refractivity (Wildman–Crippen MR) is 145 cm³/mol. The number of likely N-dealkylation sites (tertiary alicyclic amines) is 1. The minimum absolute atomic E-state index is 0.120. The highest BCUT2D eigenvalue weighted by Gasteiger charge is 2.26. The van der Waals surface area contributed by atoms with Crippen molar-refractivity contribution in [2.45, 2.75) is 25.8 Å². The number of nitrogens with one attached hydrogen (secondary N) is 1. The fraction of sp³-hybridized carbons (Fsp3) is 0.407. The number of amides is 1. The Labute approximate surface area is 220 Å². The molecule has 0 bridgehead atoms. The standard InChI is InChI=1S/C27H32FN7O3/c1-4-22(37)33-12-14-34(15-13-33)25-19-16-17(2)35(24-20(28)6-5-7-21(24)36)26(38)23(19)30-27(31-25)29-18-8-10-32(3)11-9-18/h4-7,16,18,36H,1,8-15H2,2-3H3,(H,29,30,31). The lowest BCUT2D eigenvalue weighted by atomic mass is 10.1. The van der Waals surface area contributed by atoms with E-state index in [1.54, 1.807) is 17.9 Å². The Bertz CT molecular complexity index is 1420. The average Bonchev–Trinajstić information content (AvgIpc) is 2.91. The van der Waals surface area contributed by atoms with Gasteiger partial charge in [0.15, 0.2) is 5.82 Å². The maximum atomic E-state index is 14.8. The van der Waals surface area contributed by atoms with Crippen molar-refractivity contribution in [3.63, 3.8) is 0 Å². The molecule has 2 aromatic heterocycles. The van der Waals surface area contributed by atoms with Crippen LogP contribution in [0.25, 0.3) is 16.6 Å². The van der Waals surface area contributed by atoms with Gasteiger partial charge in [-0.2, -0.15) is 4.98 Å². The lowest BCUT2D eigenvalue weighted by molar-refractivity contribution is -0.126. The zero-order valence-corrected chi connectivity index (χ0v) is 21.7. The number of anilines is 2. The van der Waals surface area contributed by atoms with Gasteiger partial charge in [0.1, 0.15) is 22.8 Å². The highest BCUT2D eigenvalue weighted by atomic mass is 19.1. The van der Waals surface area contributed by atoms with Gasteiger partial charge in [0.05, 0.1) is 5.39 Å². The predicted octanol–water partition coefficient (Wildman–Crippen LogP) is 2.27. The van der Waals surface area contributed by atoms with Gasteiger partial charge in [0.2, 0.25) is 11.9 Å². The number of piperidine rings is 1. The molecule has 2 aliphatic heterocycles. The van der Waals surface area contributed by atoms with Crippen LogP contribution in [0.4, 0.5) is 16.2 Å². The molecule has 0 spiro atoms. The molecule has 4 heterocycles. The molecule has 0 unspecified atom stereocenters. The summed E-state index contributed by atoms with van der Waals surface area (Å²) in [6.07, 6.45) is 3.14. The van der Waals surface area contributed by atoms with Gasteiger partial charge in [-0.3, -0.25) is 14.2 Å². The van der Waals surface area contributed by atoms with Crippen molar-refractivity contribution in [3.8, 4) is 11.4 Å². The van der Waals surface area contributed by atoms with Crippen molar-refractivity contribution in [2.24, 2.45) is 0 Å². The summed E-state index contributed by atoms with van der Waals surface area (Å²) in [5.74, 6) is -0.253. The number of aromatic hydroxyl groups is 1. The molecule has 1 aromatic carbocycles. The van der Waals surface area contributed by atoms with Crippen molar-refractivity contribution in [2.75, 3.05) is 56.5 Å². The zero-order chi connectivity index (χ0) is 27.0. The molecule has 200 valence electrons. The molecular formula is C27H32FN7O3. The summed E-state index contributed by atoms with van der Waals surface area (Å²) in [7, 11) is 2.08. The number of phenolic OH excluding ortho intramolecular Hbond substituents is 1. The Morgan fingerprint density at radius 2 is 1.87 bits per heavy atom. The molecule has 0 saturated carbocycles. The Morgan fingerprint density at radius 1 is 1.16 bits per heavy atom. The van der Waals surface area contributed by atoms with Gasteiger partial charge in [-0.15, -0.1) is 0 Å². The van der Waals surface area contributed by atoms with Crippen molar-refractivity contribution in [1.29, 1.82) is 0 Å². The molecule has 0 atom stereocenters. The first-order valence-electron chi connectivity index (χ1n) is 12.8. The molecule has 10 nitrogen and oxygen atoms in total. The number of carbonyl (C=O) groups excluding carboxylic acids is 1. The summed E-state index contributed by atoms with van der Waals surface area (Å²) in [5.41, 5.74) is -0.193. The normalized spacial score (nSPS) is 17.1. The molecule has 2 aliphatic rings. The van der Waals surface area contributed by atoms with E-state index in [-0.39, 0.29) is 28.9 Å². The zero-order valence-electron chi connectivity index (χ0n) is 21.7. The second-order valence-electron chi connectivity index (χ2n) is 9.91. The molecule has 0 radical (unpaired) electrons. The largest absolute Gasteiger partial charge is 0.506 e. The third-order valence-electron chi connectivity index (χ3n) is 7.34. The van der Waals surface area contributed by atoms with Crippen LogP contribution in [0.15, 0.2) is 41.7 Å². The number of nitrogens with zero attached hydrogens (tertiary/aromatic N) is 6. The van der Waals surface area contributed by atoms with Crippen molar-refractivity contribution < 1.29 is 14.3 Å². The second kappa shape index (κ2) is 10.4. The molecule has 3 aromatic rings. The van der Waals surface area contributed by atoms with Gasteiger partial charge in [-0.1, -0.05) is 12.6 Å². The average molecular weight is 522 g/mol. The maximum absolute atomic E-state index is 14.8. The highest BCUT2D eigenvalue weighted by Crippen LogP contribution is 2.30. The minimum atomic E-state index is -0.712. The number of rotatable bonds is 5. The fourth-order valence-electron chi connectivity index (χ4n) is 5.21. The van der Waals surface area contributed by atoms with E-state index in [9.17, 15) is 19.1 Å². The fourth-order valence-corrected chi connectivity index (χ4v) is 5.21. The number of halogens is 1. The first-order valence-corrected chi connectivity index (χ1v) is 12.8. The lowest BCUT2D eigenvalue weighted by Gasteiger charge is -2.35. The Hall–Kier alpha value is -3.99. The van der Waals surface area contributed by atoms with E-state index in [1.165, 1.54) is 24.3 Å². The summed E-state index contributed by atoms with van der Waals surface area (Å²) < 4.78 is 16.0. The Morgan fingerprint density at radius 3 is 2.53 bits per heavy atom. The SMILES string of the molecule is C=CC(=O)N1CCN(c2nc(NC3CCN(C)CC3)nc3c(=O)n(-c4c(O)cccc4F)c(C)cc23)CC1. The van der Waals surface area contributed by atoms with E-state index in [4.69, 9.17) is 4.98 Å². The summed E-state index contributed by atoms with van der Waals surface area (Å²) >= 11 is 0. The van der Waals surface area contributed by atoms with Crippen LogP contribution >= 0.6 is 0 Å². The number of carbonyl (C=O) groups is 1. The molecule has 11 heteroatoms. The lowest BCUT2D eigenvalue weighted by Crippen LogP contribution is -2.48. The molecular weight excluding hydrogens is 489 g/mol. The molecule has 38 heavy (non-hydrogen) atoms. The molecule has 1 amide bonds. The number of phenols is 1. The van der Waals surface area contributed by atoms with Crippen LogP contribution in [-0.2, 0) is 4.79 Å². The summed E-state index contributed by atoms with van der Waals surface area (Å²) in [5, 5.41) is 14.4. The third-order valence-corrected chi connectivity index (χ3v) is 7.34. The first-order chi connectivity index (χ1) is 18.3. The highest BCUT2D eigenvalue weighted by molar-refractivity contribution is 5.91. The Kier molecular flexibility index (Phi) is 7.02. The van der Waals surface area contributed by atoms with Crippen LogP contribution in [0.5, 0.6) is 5.75 Å². The molecule has 0 aliphatic carbocycles. The van der Waals surface area contributed by atoms with Crippen LogP contribution < -0.4 is 15.8 Å². The molecule has 2 N–H and O–H groups in total. The van der Waals surface area contributed by atoms with Gasteiger partial charge in [0, 0.05) is 37.9 Å². The van der Waals surface area contributed by atoms with Gasteiger partial charge in [0.25, 0.3) is 5.56 Å². The first kappa shape index (κ1) is 25.7. The number of fused-ring (bicyclic) bond motifs is 1. The second-order valence-corrected chi connectivity index (χ2v) is 9.91. The quantitative estimate of drug-likeness (QED) is 0.493. The summed E-state index contributed by atoms with van der Waals surface area (Å²) in [6, 6.07) is 5.83. The van der Waals surface area contributed by atoms with Crippen LogP contribution in [-0.4, -0.2) is 87.7 Å². The topological polar surface area (TPSA) is 107 Å². The Balaban J connectivity index is 1.62. The monoisotopic (exact) mass is 521 g/mol. The number of hydrogen-bond acceptors (Lipinski definition) is 8. The van der Waals surface area contributed by atoms with Crippen LogP contribution in [0.3, 0.4) is 0 Å². The summed E-state index contributed by atoms with van der Waals surface area (Å²) in [4.78, 5) is 41.4.